The Labute approximate surface area is 272 Å². The molecule has 1 aromatic carbocycles. The highest BCUT2D eigenvalue weighted by Gasteiger charge is 2.39. The molecular formula is C36H50N6O4. The van der Waals surface area contributed by atoms with Crippen LogP contribution in [-0.2, 0) is 4.74 Å². The predicted octanol–water partition coefficient (Wildman–Crippen LogP) is 6.85. The van der Waals surface area contributed by atoms with Gasteiger partial charge in [-0.15, -0.1) is 0 Å². The Kier molecular flexibility index (Phi) is 9.28. The number of benzene rings is 1. The number of fused-ring (bicyclic) bond motifs is 1. The molecule has 0 atom stereocenters. The van der Waals surface area contributed by atoms with Gasteiger partial charge in [-0.3, -0.25) is 9.48 Å². The van der Waals surface area contributed by atoms with Gasteiger partial charge in [0.05, 0.1) is 24.4 Å². The lowest BCUT2D eigenvalue weighted by Crippen LogP contribution is -2.46. The number of piperidine rings is 2. The molecule has 0 radical (unpaired) electrons. The van der Waals surface area contributed by atoms with E-state index in [1.54, 1.807) is 13.2 Å². The van der Waals surface area contributed by atoms with Gasteiger partial charge in [-0.1, -0.05) is 6.07 Å². The average molecular weight is 631 g/mol. The van der Waals surface area contributed by atoms with Crippen molar-refractivity contribution in [2.75, 3.05) is 45.2 Å². The van der Waals surface area contributed by atoms with E-state index in [1.807, 2.05) is 56.9 Å². The number of pyridine rings is 1. The number of likely N-dealkylation sites (tertiary alicyclic amines) is 2. The largest absolute Gasteiger partial charge is 0.494 e. The number of carbonyl (C=O) groups excluding carboxylic acids is 2. The Balaban J connectivity index is 0.997. The number of methoxy groups -OCH3 is 1. The molecule has 2 saturated heterocycles. The second kappa shape index (κ2) is 13.2. The van der Waals surface area contributed by atoms with Crippen molar-refractivity contribution < 1.29 is 19.1 Å². The van der Waals surface area contributed by atoms with Crippen molar-refractivity contribution in [3.05, 3.63) is 47.9 Å². The Hall–Kier alpha value is -3.66. The predicted molar refractivity (Wildman–Crippen MR) is 179 cm³/mol. The first-order chi connectivity index (χ1) is 22.0. The maximum Gasteiger partial charge on any atom is 0.410 e. The molecule has 1 aliphatic carbocycles. The molecule has 1 spiro atoms. The van der Waals surface area contributed by atoms with Gasteiger partial charge in [-0.2, -0.15) is 5.10 Å². The van der Waals surface area contributed by atoms with Crippen molar-refractivity contribution in [1.82, 2.24) is 24.6 Å². The Morgan fingerprint density at radius 3 is 2.37 bits per heavy atom. The van der Waals surface area contributed by atoms with Gasteiger partial charge in [0, 0.05) is 43.0 Å². The van der Waals surface area contributed by atoms with E-state index < -0.39 is 5.60 Å². The topological polar surface area (TPSA) is 102 Å². The number of amides is 2. The highest BCUT2D eigenvalue weighted by Crippen LogP contribution is 2.48. The van der Waals surface area contributed by atoms with Crippen LogP contribution in [0.15, 0.2) is 36.5 Å². The number of hydrogen-bond acceptors (Lipinski definition) is 7. The van der Waals surface area contributed by atoms with Gasteiger partial charge < -0.3 is 24.6 Å². The fourth-order valence-electron chi connectivity index (χ4n) is 7.56. The molecule has 10 heteroatoms. The minimum Gasteiger partial charge on any atom is -0.494 e. The van der Waals surface area contributed by atoms with Crippen LogP contribution in [0.5, 0.6) is 5.75 Å². The lowest BCUT2D eigenvalue weighted by molar-refractivity contribution is 0.0130. The molecular weight excluding hydrogens is 580 g/mol. The van der Waals surface area contributed by atoms with E-state index in [2.05, 4.69) is 26.1 Å². The number of carbonyl (C=O) groups is 2. The Bertz CT molecular complexity index is 1540. The molecule has 2 aliphatic heterocycles. The molecule has 46 heavy (non-hydrogen) atoms. The normalized spacial score (nSPS) is 19.8. The molecule has 10 nitrogen and oxygen atoms in total. The van der Waals surface area contributed by atoms with Crippen molar-refractivity contribution in [2.45, 2.75) is 90.7 Å². The van der Waals surface area contributed by atoms with Crippen LogP contribution in [0.1, 0.15) is 94.4 Å². The summed E-state index contributed by atoms with van der Waals surface area (Å²) in [6.45, 7) is 12.7. The SMILES string of the molecule is COc1cc2nn(C3CCC4(CC3)CCN(CC3CCN(C(=O)OC(C)(C)C)CC3)CC4)cc2cc1NC(=O)c1cccc(C)n1. The van der Waals surface area contributed by atoms with E-state index in [0.717, 1.165) is 61.9 Å². The minimum absolute atomic E-state index is 0.172. The maximum absolute atomic E-state index is 12.9. The third-order valence-corrected chi connectivity index (χ3v) is 10.3. The van der Waals surface area contributed by atoms with Crippen LogP contribution in [0, 0.1) is 18.3 Å². The van der Waals surface area contributed by atoms with Crippen LogP contribution in [-0.4, -0.2) is 82.0 Å². The molecule has 1 saturated carbocycles. The van der Waals surface area contributed by atoms with Crippen LogP contribution >= 0.6 is 0 Å². The van der Waals surface area contributed by atoms with Crippen molar-refractivity contribution in [2.24, 2.45) is 11.3 Å². The van der Waals surface area contributed by atoms with E-state index in [1.165, 1.54) is 38.8 Å². The summed E-state index contributed by atoms with van der Waals surface area (Å²) < 4.78 is 13.3. The zero-order valence-corrected chi connectivity index (χ0v) is 28.2. The van der Waals surface area contributed by atoms with Gasteiger partial charge >= 0.3 is 6.09 Å². The first-order valence-corrected chi connectivity index (χ1v) is 17.0. The maximum atomic E-state index is 12.9. The van der Waals surface area contributed by atoms with Gasteiger partial charge in [0.1, 0.15) is 17.0 Å². The number of nitrogens with zero attached hydrogens (tertiary/aromatic N) is 5. The summed E-state index contributed by atoms with van der Waals surface area (Å²) in [5.41, 5.74) is 2.66. The molecule has 1 N–H and O–H groups in total. The third-order valence-electron chi connectivity index (χ3n) is 10.3. The van der Waals surface area contributed by atoms with Crippen molar-refractivity contribution in [3.8, 4) is 5.75 Å². The minimum atomic E-state index is -0.442. The first-order valence-electron chi connectivity index (χ1n) is 17.0. The number of hydrogen-bond donors (Lipinski definition) is 1. The van der Waals surface area contributed by atoms with Crippen LogP contribution < -0.4 is 10.1 Å². The van der Waals surface area contributed by atoms with E-state index >= 15 is 0 Å². The average Bonchev–Trinajstić information content (AvgIpc) is 3.44. The summed E-state index contributed by atoms with van der Waals surface area (Å²) >= 11 is 0. The zero-order chi connectivity index (χ0) is 32.5. The fourth-order valence-corrected chi connectivity index (χ4v) is 7.56. The quantitative estimate of drug-likeness (QED) is 0.318. The number of aryl methyl sites for hydroxylation is 1. The second-order valence-electron chi connectivity index (χ2n) is 14.8. The molecule has 0 unspecified atom stereocenters. The summed E-state index contributed by atoms with van der Waals surface area (Å²) in [7, 11) is 1.61. The summed E-state index contributed by atoms with van der Waals surface area (Å²) in [6.07, 6.45) is 11.4. The summed E-state index contributed by atoms with van der Waals surface area (Å²) in [6, 6.07) is 9.66. The van der Waals surface area contributed by atoms with Crippen LogP contribution in [0.4, 0.5) is 10.5 Å². The highest BCUT2D eigenvalue weighted by molar-refractivity contribution is 6.05. The lowest BCUT2D eigenvalue weighted by Gasteiger charge is -2.47. The van der Waals surface area contributed by atoms with E-state index in [0.29, 0.717) is 34.5 Å². The zero-order valence-electron chi connectivity index (χ0n) is 28.2. The van der Waals surface area contributed by atoms with Gasteiger partial charge in [-0.05, 0) is 122 Å². The number of anilines is 1. The smallest absolute Gasteiger partial charge is 0.410 e. The summed E-state index contributed by atoms with van der Waals surface area (Å²) in [5, 5.41) is 8.91. The monoisotopic (exact) mass is 630 g/mol. The lowest BCUT2D eigenvalue weighted by atomic mass is 9.67. The van der Waals surface area contributed by atoms with Crippen molar-refractivity contribution in [3.63, 3.8) is 0 Å². The highest BCUT2D eigenvalue weighted by atomic mass is 16.6. The third kappa shape index (κ3) is 7.48. The first kappa shape index (κ1) is 32.3. The van der Waals surface area contributed by atoms with Gasteiger partial charge in [0.2, 0.25) is 0 Å². The number of aromatic nitrogens is 3. The molecule has 0 bridgehead atoms. The van der Waals surface area contributed by atoms with Crippen molar-refractivity contribution in [1.29, 1.82) is 0 Å². The molecule has 3 aliphatic rings. The molecule has 3 fully saturated rings. The van der Waals surface area contributed by atoms with Gasteiger partial charge in [0.15, 0.2) is 0 Å². The number of rotatable bonds is 6. The summed E-state index contributed by atoms with van der Waals surface area (Å²) in [5.74, 6) is 0.978. The van der Waals surface area contributed by atoms with Crippen LogP contribution in [0.2, 0.25) is 0 Å². The number of nitrogens with one attached hydrogen (secondary N) is 1. The van der Waals surface area contributed by atoms with Gasteiger partial charge in [-0.25, -0.2) is 9.78 Å². The molecule has 4 heterocycles. The second-order valence-corrected chi connectivity index (χ2v) is 14.8. The number of ether oxygens (including phenoxy) is 2. The molecule has 6 rings (SSSR count). The standard InChI is InChI=1S/C36H50N6O4/c1-25-7-6-8-29(37-25)33(43)38-31-21-27-24-42(39-30(27)22-32(31)45-5)28-9-13-36(14-10-28)15-19-40(20-16-36)23-26-11-17-41(18-12-26)34(44)46-35(2,3)4/h6-8,21-22,24,26,28H,9-20,23H2,1-5H3,(H,38,43). The van der Waals surface area contributed by atoms with Crippen LogP contribution in [0.3, 0.4) is 0 Å². The van der Waals surface area contributed by atoms with E-state index in [-0.39, 0.29) is 12.0 Å². The van der Waals surface area contributed by atoms with E-state index in [4.69, 9.17) is 14.6 Å². The van der Waals surface area contributed by atoms with Gasteiger partial charge in [0.25, 0.3) is 5.91 Å². The Morgan fingerprint density at radius 2 is 1.72 bits per heavy atom. The van der Waals surface area contributed by atoms with E-state index in [9.17, 15) is 9.59 Å². The van der Waals surface area contributed by atoms with Crippen molar-refractivity contribution >= 4 is 28.6 Å². The molecule has 248 valence electrons. The van der Waals surface area contributed by atoms with Crippen LogP contribution in [0.25, 0.3) is 10.9 Å². The molecule has 2 amide bonds. The summed E-state index contributed by atoms with van der Waals surface area (Å²) in [4.78, 5) is 34.2. The molecule has 3 aromatic rings. The Morgan fingerprint density at radius 1 is 1.00 bits per heavy atom. The fraction of sp³-hybridized carbons (Fsp3) is 0.611. The molecule has 2 aromatic heterocycles.